The predicted molar refractivity (Wildman–Crippen MR) is 101 cm³/mol. The molecule has 0 spiro atoms. The van der Waals surface area contributed by atoms with Gasteiger partial charge in [0.1, 0.15) is 0 Å². The second-order valence-electron chi connectivity index (χ2n) is 9.68. The van der Waals surface area contributed by atoms with E-state index >= 15 is 0 Å². The van der Waals surface area contributed by atoms with Crippen molar-refractivity contribution >= 4 is 17.6 Å². The summed E-state index contributed by atoms with van der Waals surface area (Å²) < 4.78 is 40.3. The molecule has 158 valence electrons. The van der Waals surface area contributed by atoms with Gasteiger partial charge < -0.3 is 15.3 Å². The van der Waals surface area contributed by atoms with Gasteiger partial charge in [-0.3, -0.25) is 0 Å². The summed E-state index contributed by atoms with van der Waals surface area (Å²) in [4.78, 5) is 14.7. The Morgan fingerprint density at radius 1 is 1.21 bits per heavy atom. The number of hydrogen-bond donors (Lipinski definition) is 2. The van der Waals surface area contributed by atoms with Crippen LogP contribution < -0.4 is 5.32 Å². The number of carbonyl (C=O) groups is 1. The Kier molecular flexibility index (Phi) is 4.06. The molecular weight excluding hydrogens is 405 g/mol. The SMILES string of the molecule is CC1(c2ccc(Cl)c(C(F)(F)F)c2)CNC(=O)N1C1C2CC3CC1CC(O)(C3)C2. The first-order valence-electron chi connectivity index (χ1n) is 10.2. The molecule has 1 aromatic rings. The summed E-state index contributed by atoms with van der Waals surface area (Å²) >= 11 is 5.82. The Labute approximate surface area is 172 Å². The number of hydrogen-bond acceptors (Lipinski definition) is 2. The molecule has 4 aliphatic carbocycles. The number of halogens is 4. The van der Waals surface area contributed by atoms with Crippen LogP contribution in [0.3, 0.4) is 0 Å². The molecule has 1 heterocycles. The maximum Gasteiger partial charge on any atom is 0.417 e. The number of carbonyl (C=O) groups excluding carboxylic acids is 1. The minimum Gasteiger partial charge on any atom is -0.390 e. The van der Waals surface area contributed by atoms with Crippen molar-refractivity contribution in [1.29, 1.82) is 0 Å². The average Bonchev–Trinajstić information content (AvgIpc) is 2.89. The van der Waals surface area contributed by atoms with Crippen LogP contribution in [0.1, 0.15) is 50.2 Å². The van der Waals surface area contributed by atoms with Gasteiger partial charge >= 0.3 is 12.2 Å². The maximum atomic E-state index is 13.4. The van der Waals surface area contributed by atoms with E-state index in [-0.39, 0.29) is 35.5 Å². The lowest BCUT2D eigenvalue weighted by atomic mass is 9.51. The third-order valence-corrected chi connectivity index (χ3v) is 8.05. The molecule has 6 rings (SSSR count). The zero-order valence-electron chi connectivity index (χ0n) is 16.1. The van der Waals surface area contributed by atoms with Crippen LogP contribution in [0.25, 0.3) is 0 Å². The number of nitrogens with one attached hydrogen (secondary N) is 1. The van der Waals surface area contributed by atoms with Crippen molar-refractivity contribution in [2.75, 3.05) is 6.54 Å². The lowest BCUT2D eigenvalue weighted by Crippen LogP contribution is -2.64. The topological polar surface area (TPSA) is 52.6 Å². The summed E-state index contributed by atoms with van der Waals surface area (Å²) in [5.74, 6) is 0.852. The van der Waals surface area contributed by atoms with Gasteiger partial charge in [-0.2, -0.15) is 13.2 Å². The normalized spacial score (nSPS) is 41.2. The third kappa shape index (κ3) is 2.87. The molecule has 3 atom stereocenters. The van der Waals surface area contributed by atoms with E-state index < -0.39 is 22.9 Å². The summed E-state index contributed by atoms with van der Waals surface area (Å²) in [6.07, 6.45) is -0.452. The second kappa shape index (κ2) is 6.03. The molecule has 4 bridgehead atoms. The van der Waals surface area contributed by atoms with Crippen LogP contribution in [0, 0.1) is 17.8 Å². The largest absolute Gasteiger partial charge is 0.417 e. The summed E-state index contributed by atoms with van der Waals surface area (Å²) in [5.41, 5.74) is -1.98. The fraction of sp³-hybridized carbons (Fsp3) is 0.667. The number of alkyl halides is 3. The molecule has 4 nitrogen and oxygen atoms in total. The van der Waals surface area contributed by atoms with Gasteiger partial charge in [-0.25, -0.2) is 4.79 Å². The molecule has 5 fully saturated rings. The van der Waals surface area contributed by atoms with Crippen molar-refractivity contribution in [2.45, 2.75) is 62.4 Å². The molecule has 2 amide bonds. The first-order valence-corrected chi connectivity index (χ1v) is 10.5. The zero-order chi connectivity index (χ0) is 20.8. The van der Waals surface area contributed by atoms with Crippen LogP contribution >= 0.6 is 11.6 Å². The molecule has 1 aromatic carbocycles. The summed E-state index contributed by atoms with van der Waals surface area (Å²) in [6.45, 7) is 2.07. The van der Waals surface area contributed by atoms with Crippen LogP contribution in [0.4, 0.5) is 18.0 Å². The molecular formula is C21H24ClF3N2O2. The number of amides is 2. The predicted octanol–water partition coefficient (Wildman–Crippen LogP) is 4.54. The van der Waals surface area contributed by atoms with E-state index in [4.69, 9.17) is 11.6 Å². The smallest absolute Gasteiger partial charge is 0.390 e. The van der Waals surface area contributed by atoms with Crippen molar-refractivity contribution < 1.29 is 23.1 Å². The van der Waals surface area contributed by atoms with E-state index in [1.165, 1.54) is 6.07 Å². The Hall–Kier alpha value is -1.47. The van der Waals surface area contributed by atoms with Gasteiger partial charge in [-0.15, -0.1) is 0 Å². The van der Waals surface area contributed by atoms with Crippen LogP contribution in [0.2, 0.25) is 5.02 Å². The van der Waals surface area contributed by atoms with Gasteiger partial charge in [0.25, 0.3) is 0 Å². The van der Waals surface area contributed by atoms with Gasteiger partial charge in [-0.05, 0) is 74.5 Å². The molecule has 1 aliphatic heterocycles. The fourth-order valence-electron chi connectivity index (χ4n) is 6.80. The van der Waals surface area contributed by atoms with Crippen LogP contribution in [-0.2, 0) is 11.7 Å². The molecule has 2 N–H and O–H groups in total. The highest BCUT2D eigenvalue weighted by atomic mass is 35.5. The highest BCUT2D eigenvalue weighted by Crippen LogP contribution is 2.58. The lowest BCUT2D eigenvalue weighted by Gasteiger charge is -2.61. The highest BCUT2D eigenvalue weighted by Gasteiger charge is 2.60. The minimum absolute atomic E-state index is 0.0654. The van der Waals surface area contributed by atoms with Crippen LogP contribution in [-0.4, -0.2) is 34.2 Å². The summed E-state index contributed by atoms with van der Waals surface area (Å²) in [7, 11) is 0. The Morgan fingerprint density at radius 2 is 1.86 bits per heavy atom. The molecule has 29 heavy (non-hydrogen) atoms. The number of benzene rings is 1. The van der Waals surface area contributed by atoms with Gasteiger partial charge in [0, 0.05) is 12.6 Å². The van der Waals surface area contributed by atoms with Crippen molar-refractivity contribution in [3.63, 3.8) is 0 Å². The lowest BCUT2D eigenvalue weighted by molar-refractivity contribution is -0.161. The molecule has 0 radical (unpaired) electrons. The second-order valence-corrected chi connectivity index (χ2v) is 10.1. The van der Waals surface area contributed by atoms with Gasteiger partial charge in [0.15, 0.2) is 0 Å². The van der Waals surface area contributed by atoms with Crippen molar-refractivity contribution in [1.82, 2.24) is 10.2 Å². The number of aliphatic hydroxyl groups is 1. The molecule has 5 aliphatic rings. The van der Waals surface area contributed by atoms with E-state index in [0.717, 1.165) is 25.3 Å². The van der Waals surface area contributed by atoms with Gasteiger partial charge in [0.05, 0.1) is 21.7 Å². The van der Waals surface area contributed by atoms with Gasteiger partial charge in [-0.1, -0.05) is 17.7 Å². The minimum atomic E-state index is -4.56. The van der Waals surface area contributed by atoms with E-state index in [9.17, 15) is 23.1 Å². The summed E-state index contributed by atoms with van der Waals surface area (Å²) in [5, 5.41) is 13.4. The summed E-state index contributed by atoms with van der Waals surface area (Å²) in [6, 6.07) is 3.64. The number of urea groups is 1. The number of rotatable bonds is 2. The van der Waals surface area contributed by atoms with E-state index in [0.29, 0.717) is 24.3 Å². The van der Waals surface area contributed by atoms with E-state index in [1.54, 1.807) is 11.0 Å². The molecule has 8 heteroatoms. The Morgan fingerprint density at radius 3 is 2.45 bits per heavy atom. The first-order chi connectivity index (χ1) is 13.5. The Bertz CT molecular complexity index is 860. The maximum absolute atomic E-state index is 13.4. The van der Waals surface area contributed by atoms with Crippen LogP contribution in [0.15, 0.2) is 18.2 Å². The van der Waals surface area contributed by atoms with Crippen molar-refractivity contribution in [2.24, 2.45) is 17.8 Å². The van der Waals surface area contributed by atoms with Crippen molar-refractivity contribution in [3.8, 4) is 0 Å². The zero-order valence-corrected chi connectivity index (χ0v) is 16.9. The quantitative estimate of drug-likeness (QED) is 0.726. The Balaban J connectivity index is 1.55. The van der Waals surface area contributed by atoms with Crippen molar-refractivity contribution in [3.05, 3.63) is 34.3 Å². The highest BCUT2D eigenvalue weighted by molar-refractivity contribution is 6.31. The first kappa shape index (κ1) is 19.5. The average molecular weight is 429 g/mol. The monoisotopic (exact) mass is 428 g/mol. The molecule has 0 aromatic heterocycles. The standard InChI is InChI=1S/C21H24ClF3N2O2/c1-19(14-2-3-16(22)15(6-14)21(23,24)25)10-26-18(28)27(19)17-12-4-11-5-13(17)9-20(29,7-11)8-12/h2-3,6,11-13,17,29H,4-5,7-10H2,1H3,(H,26,28). The van der Waals surface area contributed by atoms with Crippen LogP contribution in [0.5, 0.6) is 0 Å². The molecule has 4 saturated carbocycles. The third-order valence-electron chi connectivity index (χ3n) is 7.72. The van der Waals surface area contributed by atoms with Gasteiger partial charge in [0.2, 0.25) is 0 Å². The van der Waals surface area contributed by atoms with E-state index in [1.807, 2.05) is 6.92 Å². The number of nitrogens with zero attached hydrogens (tertiary/aromatic N) is 1. The molecule has 1 saturated heterocycles. The molecule has 3 unspecified atom stereocenters. The van der Waals surface area contributed by atoms with E-state index in [2.05, 4.69) is 5.32 Å². The fourth-order valence-corrected chi connectivity index (χ4v) is 7.03.